The second-order valence-corrected chi connectivity index (χ2v) is 5.75. The third kappa shape index (κ3) is 4.15. The van der Waals surface area contributed by atoms with E-state index in [1.54, 1.807) is 0 Å². The molecule has 24 heteroatoms. The van der Waals surface area contributed by atoms with Crippen molar-refractivity contribution in [2.45, 2.75) is 60.4 Å². The quantitative estimate of drug-likeness (QED) is 0.229. The Kier molecular flexibility index (Phi) is 7.30. The minimum atomic E-state index is -9.36. The first kappa shape index (κ1) is 32.4. The average Bonchev–Trinajstić information content (AvgIpc) is 2.49. The molecule has 0 aromatic rings. The van der Waals surface area contributed by atoms with Gasteiger partial charge in [0.1, 0.15) is 0 Å². The standard InChI is InChI=1S/C10F23N/c11-1(12,5(19,20)21)2(13,14)8(28,29)34(9(30,31)3(15,16)6(22,23)24)10(32,33)4(17,18)7(25,26)27. The van der Waals surface area contributed by atoms with Gasteiger partial charge in [0, 0.05) is 0 Å². The van der Waals surface area contributed by atoms with Crippen LogP contribution in [0.15, 0.2) is 0 Å². The van der Waals surface area contributed by atoms with Gasteiger partial charge in [0.05, 0.1) is 0 Å². The van der Waals surface area contributed by atoms with Crippen LogP contribution in [0.3, 0.4) is 0 Å². The molecule has 0 aliphatic carbocycles. The van der Waals surface area contributed by atoms with Crippen LogP contribution in [0.1, 0.15) is 0 Å². The summed E-state index contributed by atoms with van der Waals surface area (Å²) in [5.41, 5.74) is 0. The average molecular weight is 571 g/mol. The van der Waals surface area contributed by atoms with Gasteiger partial charge in [0.2, 0.25) is 0 Å². The summed E-state index contributed by atoms with van der Waals surface area (Å²) in [4.78, 5) is -5.69. The summed E-state index contributed by atoms with van der Waals surface area (Å²) in [6, 6.07) is -27.8. The van der Waals surface area contributed by atoms with Gasteiger partial charge < -0.3 is 0 Å². The predicted octanol–water partition coefficient (Wildman–Crippen LogP) is 7.29. The molecule has 0 rings (SSSR count). The maximum Gasteiger partial charge on any atom is 0.461 e. The fourth-order valence-electron chi connectivity index (χ4n) is 1.66. The molecular formula is C10F23N. The lowest BCUT2D eigenvalue weighted by Gasteiger charge is -2.48. The lowest BCUT2D eigenvalue weighted by atomic mass is 10.0. The number of rotatable bonds is 7. The topological polar surface area (TPSA) is 3.24 Å². The van der Waals surface area contributed by atoms with Crippen molar-refractivity contribution in [2.75, 3.05) is 0 Å². The van der Waals surface area contributed by atoms with Crippen LogP contribution in [0.2, 0.25) is 0 Å². The first-order chi connectivity index (χ1) is 14.1. The molecule has 1 nitrogen and oxygen atoms in total. The van der Waals surface area contributed by atoms with Crippen LogP contribution in [0.5, 0.6) is 0 Å². The molecule has 0 aliphatic heterocycles. The number of alkyl halides is 23. The van der Waals surface area contributed by atoms with Crippen LogP contribution in [-0.4, -0.2) is 65.3 Å². The Bertz CT molecular complexity index is 694. The van der Waals surface area contributed by atoms with Crippen LogP contribution in [0, 0.1) is 0 Å². The van der Waals surface area contributed by atoms with Crippen LogP contribution in [-0.2, 0) is 0 Å². The van der Waals surface area contributed by atoms with Gasteiger partial charge >= 0.3 is 60.4 Å². The molecule has 0 saturated carbocycles. The summed E-state index contributed by atoms with van der Waals surface area (Å²) in [5.74, 6) is -35.4. The normalized spacial score (nSPS) is 16.9. The van der Waals surface area contributed by atoms with Crippen LogP contribution >= 0.6 is 0 Å². The lowest BCUT2D eigenvalue weighted by Crippen LogP contribution is -2.79. The van der Waals surface area contributed by atoms with Gasteiger partial charge in [0.15, 0.2) is 0 Å². The Balaban J connectivity index is 7.74. The smallest absolute Gasteiger partial charge is 0.191 e. The zero-order chi connectivity index (χ0) is 28.6. The molecule has 0 heterocycles. The van der Waals surface area contributed by atoms with Crippen molar-refractivity contribution in [2.24, 2.45) is 0 Å². The number of hydrogen-bond acceptors (Lipinski definition) is 1. The molecule has 0 aliphatic rings. The predicted molar refractivity (Wildman–Crippen MR) is 54.6 cm³/mol. The lowest BCUT2D eigenvalue weighted by molar-refractivity contribution is -0.523. The summed E-state index contributed by atoms with van der Waals surface area (Å²) in [6.45, 7) is 0. The molecule has 34 heavy (non-hydrogen) atoms. The number of hydrogen-bond donors (Lipinski definition) is 0. The molecule has 0 amide bonds. The highest BCUT2D eigenvalue weighted by Gasteiger charge is 2.94. The molecule has 0 radical (unpaired) electrons. The Morgan fingerprint density at radius 1 is 0.235 bits per heavy atom. The highest BCUT2D eigenvalue weighted by Crippen LogP contribution is 2.63. The van der Waals surface area contributed by atoms with E-state index in [1.165, 1.54) is 0 Å². The van der Waals surface area contributed by atoms with Crippen LogP contribution in [0.4, 0.5) is 101 Å². The second-order valence-electron chi connectivity index (χ2n) is 5.75. The maximum absolute atomic E-state index is 13.6. The molecule has 0 unspecified atom stereocenters. The van der Waals surface area contributed by atoms with Crippen molar-refractivity contribution >= 4 is 0 Å². The Morgan fingerprint density at radius 2 is 0.412 bits per heavy atom. The van der Waals surface area contributed by atoms with E-state index < -0.39 is 65.3 Å². The first-order valence-corrected chi connectivity index (χ1v) is 6.77. The van der Waals surface area contributed by atoms with E-state index in [0.717, 1.165) is 0 Å². The zero-order valence-corrected chi connectivity index (χ0v) is 14.1. The van der Waals surface area contributed by atoms with Gasteiger partial charge in [-0.05, 0) is 0 Å². The van der Waals surface area contributed by atoms with Crippen molar-refractivity contribution in [3.8, 4) is 0 Å². The minimum Gasteiger partial charge on any atom is -0.191 e. The minimum absolute atomic E-state index is 5.69. The van der Waals surface area contributed by atoms with Gasteiger partial charge in [-0.1, -0.05) is 0 Å². The highest BCUT2D eigenvalue weighted by atomic mass is 19.4. The molecule has 0 saturated heterocycles. The number of halogens is 23. The monoisotopic (exact) mass is 571 g/mol. The van der Waals surface area contributed by atoms with E-state index in [2.05, 4.69) is 0 Å². The van der Waals surface area contributed by atoms with Gasteiger partial charge in [0.25, 0.3) is 0 Å². The Morgan fingerprint density at radius 3 is 0.588 bits per heavy atom. The molecule has 0 aromatic heterocycles. The molecule has 0 aromatic carbocycles. The summed E-state index contributed by atoms with van der Waals surface area (Å²) < 4.78 is 292. The third-order valence-corrected chi connectivity index (χ3v) is 3.44. The summed E-state index contributed by atoms with van der Waals surface area (Å²) in [7, 11) is 0. The zero-order valence-electron chi connectivity index (χ0n) is 14.1. The maximum atomic E-state index is 13.6. The van der Waals surface area contributed by atoms with Gasteiger partial charge in [-0.15, -0.1) is 4.90 Å². The summed E-state index contributed by atoms with van der Waals surface area (Å²) in [5, 5.41) is 0. The SMILES string of the molecule is FC(F)(F)C(F)(F)C(F)(F)N(C(F)(F)C(F)(F)C(F)(F)F)C(F)(F)C(F)(F)C(F)(F)C(F)(F)F. The Hall–Kier alpha value is -1.65. The van der Waals surface area contributed by atoms with Crippen molar-refractivity contribution in [3.63, 3.8) is 0 Å². The first-order valence-electron chi connectivity index (χ1n) is 6.77. The summed E-state index contributed by atoms with van der Waals surface area (Å²) in [6.07, 6.45) is -24.8. The van der Waals surface area contributed by atoms with Crippen LogP contribution in [0.25, 0.3) is 0 Å². The van der Waals surface area contributed by atoms with Crippen molar-refractivity contribution < 1.29 is 101 Å². The van der Waals surface area contributed by atoms with E-state index in [4.69, 9.17) is 0 Å². The molecular weight excluding hydrogens is 571 g/mol. The molecule has 0 fully saturated rings. The van der Waals surface area contributed by atoms with Gasteiger partial charge in [-0.25, -0.2) is 0 Å². The van der Waals surface area contributed by atoms with Gasteiger partial charge in [-0.3, -0.25) is 0 Å². The van der Waals surface area contributed by atoms with Crippen LogP contribution < -0.4 is 0 Å². The summed E-state index contributed by atoms with van der Waals surface area (Å²) >= 11 is 0. The number of nitrogens with zero attached hydrogens (tertiary/aromatic N) is 1. The highest BCUT2D eigenvalue weighted by molar-refractivity contribution is 5.08. The molecule has 0 N–H and O–H groups in total. The molecule has 0 bridgehead atoms. The fourth-order valence-corrected chi connectivity index (χ4v) is 1.66. The van der Waals surface area contributed by atoms with E-state index in [9.17, 15) is 101 Å². The van der Waals surface area contributed by atoms with Crippen molar-refractivity contribution in [3.05, 3.63) is 0 Å². The third-order valence-electron chi connectivity index (χ3n) is 3.44. The van der Waals surface area contributed by atoms with E-state index >= 15 is 0 Å². The van der Waals surface area contributed by atoms with E-state index in [0.29, 0.717) is 0 Å². The van der Waals surface area contributed by atoms with E-state index in [-0.39, 0.29) is 0 Å². The molecule has 0 atom stereocenters. The second kappa shape index (κ2) is 7.67. The molecule has 0 spiro atoms. The largest absolute Gasteiger partial charge is 0.461 e. The fraction of sp³-hybridized carbons (Fsp3) is 1.00. The van der Waals surface area contributed by atoms with Crippen molar-refractivity contribution in [1.29, 1.82) is 0 Å². The van der Waals surface area contributed by atoms with E-state index in [1.807, 2.05) is 0 Å². The van der Waals surface area contributed by atoms with Crippen molar-refractivity contribution in [1.82, 2.24) is 4.90 Å². The van der Waals surface area contributed by atoms with Gasteiger partial charge in [-0.2, -0.15) is 101 Å². The Labute approximate surface area is 168 Å². The molecule has 206 valence electrons.